The molecular formula is C16H24N2O. The SMILES string of the molecule is Cc1cc(C)c2c(c1)C(N)C(CN1CCCC1)CO2. The summed E-state index contributed by atoms with van der Waals surface area (Å²) in [4.78, 5) is 2.53. The molecule has 104 valence electrons. The summed E-state index contributed by atoms with van der Waals surface area (Å²) >= 11 is 0. The van der Waals surface area contributed by atoms with E-state index in [1.54, 1.807) is 0 Å². The standard InChI is InChI=1S/C16H24N2O/c1-11-7-12(2)16-14(8-11)15(17)13(10-19-16)9-18-5-3-4-6-18/h7-8,13,15H,3-6,9-10,17H2,1-2H3. The van der Waals surface area contributed by atoms with E-state index >= 15 is 0 Å². The predicted octanol–water partition coefficient (Wildman–Crippen LogP) is 2.41. The molecule has 2 aliphatic rings. The highest BCUT2D eigenvalue weighted by molar-refractivity contribution is 5.46. The monoisotopic (exact) mass is 260 g/mol. The molecule has 0 saturated carbocycles. The van der Waals surface area contributed by atoms with Gasteiger partial charge in [0.15, 0.2) is 0 Å². The molecule has 3 rings (SSSR count). The first-order valence-corrected chi connectivity index (χ1v) is 7.37. The molecule has 3 heteroatoms. The fourth-order valence-corrected chi connectivity index (χ4v) is 3.44. The van der Waals surface area contributed by atoms with Gasteiger partial charge in [-0.3, -0.25) is 0 Å². The molecule has 2 atom stereocenters. The minimum atomic E-state index is 0.114. The Morgan fingerprint density at radius 1 is 1.26 bits per heavy atom. The van der Waals surface area contributed by atoms with Crippen LogP contribution >= 0.6 is 0 Å². The molecule has 0 aliphatic carbocycles. The third-order valence-electron chi connectivity index (χ3n) is 4.45. The van der Waals surface area contributed by atoms with Crippen molar-refractivity contribution in [2.75, 3.05) is 26.2 Å². The van der Waals surface area contributed by atoms with Crippen molar-refractivity contribution in [3.8, 4) is 5.75 Å². The topological polar surface area (TPSA) is 38.5 Å². The Morgan fingerprint density at radius 2 is 2.00 bits per heavy atom. The van der Waals surface area contributed by atoms with E-state index in [1.807, 2.05) is 0 Å². The Hall–Kier alpha value is -1.06. The first-order valence-electron chi connectivity index (χ1n) is 7.37. The smallest absolute Gasteiger partial charge is 0.127 e. The average molecular weight is 260 g/mol. The van der Waals surface area contributed by atoms with Crippen LogP contribution in [0.25, 0.3) is 0 Å². The Bertz CT molecular complexity index is 466. The summed E-state index contributed by atoms with van der Waals surface area (Å²) in [6, 6.07) is 4.48. The fourth-order valence-electron chi connectivity index (χ4n) is 3.44. The molecule has 2 heterocycles. The molecule has 1 fully saturated rings. The van der Waals surface area contributed by atoms with Crippen molar-refractivity contribution in [2.24, 2.45) is 11.7 Å². The lowest BCUT2D eigenvalue weighted by Gasteiger charge is -2.34. The molecule has 0 spiro atoms. The number of hydrogen-bond donors (Lipinski definition) is 1. The van der Waals surface area contributed by atoms with Gasteiger partial charge in [-0.25, -0.2) is 0 Å². The normalized spacial score (nSPS) is 27.1. The number of rotatable bonds is 2. The lowest BCUT2D eigenvalue weighted by molar-refractivity contribution is 0.151. The Labute approximate surface area is 115 Å². The molecule has 0 aromatic heterocycles. The van der Waals surface area contributed by atoms with Gasteiger partial charge in [0, 0.05) is 24.1 Å². The minimum Gasteiger partial charge on any atom is -0.493 e. The first kappa shape index (κ1) is 12.9. The molecule has 2 aliphatic heterocycles. The molecule has 0 amide bonds. The molecule has 3 nitrogen and oxygen atoms in total. The first-order chi connectivity index (χ1) is 9.15. The van der Waals surface area contributed by atoms with Crippen LogP contribution in [0.1, 0.15) is 35.6 Å². The van der Waals surface area contributed by atoms with Gasteiger partial charge in [-0.2, -0.15) is 0 Å². The van der Waals surface area contributed by atoms with Gasteiger partial charge in [0.2, 0.25) is 0 Å². The maximum Gasteiger partial charge on any atom is 0.127 e. The van der Waals surface area contributed by atoms with Crippen LogP contribution in [0.15, 0.2) is 12.1 Å². The number of likely N-dealkylation sites (tertiary alicyclic amines) is 1. The lowest BCUT2D eigenvalue weighted by atomic mass is 9.88. The highest BCUT2D eigenvalue weighted by Crippen LogP contribution is 2.37. The molecular weight excluding hydrogens is 236 g/mol. The van der Waals surface area contributed by atoms with Crippen molar-refractivity contribution in [2.45, 2.75) is 32.7 Å². The number of benzene rings is 1. The summed E-state index contributed by atoms with van der Waals surface area (Å²) in [6.07, 6.45) is 2.66. The Kier molecular flexibility index (Phi) is 3.50. The van der Waals surface area contributed by atoms with Crippen molar-refractivity contribution in [1.82, 2.24) is 4.90 Å². The van der Waals surface area contributed by atoms with Crippen LogP contribution in [0.5, 0.6) is 5.75 Å². The number of fused-ring (bicyclic) bond motifs is 1. The summed E-state index contributed by atoms with van der Waals surface area (Å²) in [5, 5.41) is 0. The average Bonchev–Trinajstić information content (AvgIpc) is 2.86. The second-order valence-corrected chi connectivity index (χ2v) is 6.10. The van der Waals surface area contributed by atoms with E-state index in [0.29, 0.717) is 5.92 Å². The summed E-state index contributed by atoms with van der Waals surface area (Å²) in [5.74, 6) is 1.45. The second kappa shape index (κ2) is 5.14. The number of nitrogens with two attached hydrogens (primary N) is 1. The third kappa shape index (κ3) is 2.49. The van der Waals surface area contributed by atoms with E-state index in [2.05, 4.69) is 30.9 Å². The van der Waals surface area contributed by atoms with E-state index in [9.17, 15) is 0 Å². The van der Waals surface area contributed by atoms with Crippen LogP contribution in [-0.2, 0) is 0 Å². The summed E-state index contributed by atoms with van der Waals surface area (Å²) in [6.45, 7) is 8.53. The number of hydrogen-bond acceptors (Lipinski definition) is 3. The van der Waals surface area contributed by atoms with Crippen LogP contribution in [-0.4, -0.2) is 31.1 Å². The van der Waals surface area contributed by atoms with Crippen LogP contribution < -0.4 is 10.5 Å². The Balaban J connectivity index is 1.80. The number of aryl methyl sites for hydroxylation is 2. The van der Waals surface area contributed by atoms with Gasteiger partial charge >= 0.3 is 0 Å². The predicted molar refractivity (Wildman–Crippen MR) is 77.5 cm³/mol. The lowest BCUT2D eigenvalue weighted by Crippen LogP contribution is -2.39. The summed E-state index contributed by atoms with van der Waals surface area (Å²) in [7, 11) is 0. The maximum atomic E-state index is 6.50. The third-order valence-corrected chi connectivity index (χ3v) is 4.45. The molecule has 2 unspecified atom stereocenters. The van der Waals surface area contributed by atoms with Gasteiger partial charge in [-0.1, -0.05) is 17.7 Å². The largest absolute Gasteiger partial charge is 0.493 e. The highest BCUT2D eigenvalue weighted by atomic mass is 16.5. The minimum absolute atomic E-state index is 0.114. The summed E-state index contributed by atoms with van der Waals surface area (Å²) < 4.78 is 6.00. The van der Waals surface area contributed by atoms with Crippen molar-refractivity contribution in [3.05, 3.63) is 28.8 Å². The van der Waals surface area contributed by atoms with Crippen molar-refractivity contribution in [3.63, 3.8) is 0 Å². The second-order valence-electron chi connectivity index (χ2n) is 6.10. The van der Waals surface area contributed by atoms with Gasteiger partial charge < -0.3 is 15.4 Å². The van der Waals surface area contributed by atoms with Crippen LogP contribution in [0, 0.1) is 19.8 Å². The summed E-state index contributed by atoms with van der Waals surface area (Å²) in [5.41, 5.74) is 10.2. The molecule has 0 radical (unpaired) electrons. The highest BCUT2D eigenvalue weighted by Gasteiger charge is 2.31. The Morgan fingerprint density at radius 3 is 2.74 bits per heavy atom. The van der Waals surface area contributed by atoms with Crippen LogP contribution in [0.2, 0.25) is 0 Å². The van der Waals surface area contributed by atoms with E-state index in [4.69, 9.17) is 10.5 Å². The molecule has 0 bridgehead atoms. The van der Waals surface area contributed by atoms with Gasteiger partial charge in [0.1, 0.15) is 5.75 Å². The molecule has 19 heavy (non-hydrogen) atoms. The number of ether oxygens (including phenoxy) is 1. The molecule has 1 saturated heterocycles. The zero-order valence-corrected chi connectivity index (χ0v) is 12.0. The van der Waals surface area contributed by atoms with Crippen LogP contribution in [0.3, 0.4) is 0 Å². The van der Waals surface area contributed by atoms with Crippen molar-refractivity contribution in [1.29, 1.82) is 0 Å². The van der Waals surface area contributed by atoms with Gasteiger partial charge in [-0.15, -0.1) is 0 Å². The van der Waals surface area contributed by atoms with Crippen LogP contribution in [0.4, 0.5) is 0 Å². The van der Waals surface area contributed by atoms with E-state index in [1.165, 1.54) is 42.6 Å². The van der Waals surface area contributed by atoms with Crippen molar-refractivity contribution < 1.29 is 4.74 Å². The fraction of sp³-hybridized carbons (Fsp3) is 0.625. The van der Waals surface area contributed by atoms with Gasteiger partial charge in [0.25, 0.3) is 0 Å². The van der Waals surface area contributed by atoms with E-state index < -0.39 is 0 Å². The maximum absolute atomic E-state index is 6.50. The van der Waals surface area contributed by atoms with Crippen molar-refractivity contribution >= 4 is 0 Å². The molecule has 1 aromatic carbocycles. The molecule has 1 aromatic rings. The zero-order valence-electron chi connectivity index (χ0n) is 12.0. The van der Waals surface area contributed by atoms with Gasteiger partial charge in [0.05, 0.1) is 6.61 Å². The van der Waals surface area contributed by atoms with Gasteiger partial charge in [-0.05, 0) is 45.3 Å². The number of nitrogens with zero attached hydrogens (tertiary/aromatic N) is 1. The van der Waals surface area contributed by atoms with E-state index in [0.717, 1.165) is 18.9 Å². The van der Waals surface area contributed by atoms with E-state index in [-0.39, 0.29) is 6.04 Å². The zero-order chi connectivity index (χ0) is 13.4. The molecule has 2 N–H and O–H groups in total. The quantitative estimate of drug-likeness (QED) is 0.887.